The van der Waals surface area contributed by atoms with Crippen molar-refractivity contribution >= 4 is 11.3 Å². The van der Waals surface area contributed by atoms with E-state index in [1.807, 2.05) is 11.3 Å². The molecule has 0 bridgehead atoms. The summed E-state index contributed by atoms with van der Waals surface area (Å²) in [6.45, 7) is 2.85. The molecule has 1 heterocycles. The van der Waals surface area contributed by atoms with Gasteiger partial charge in [-0.2, -0.15) is 0 Å². The Morgan fingerprint density at radius 1 is 1.53 bits per heavy atom. The molecule has 15 heavy (non-hydrogen) atoms. The number of hydrogen-bond acceptors (Lipinski definition) is 2. The zero-order valence-corrected chi connectivity index (χ0v) is 9.99. The average Bonchev–Trinajstić information content (AvgIpc) is 2.69. The third-order valence-corrected chi connectivity index (χ3v) is 4.37. The van der Waals surface area contributed by atoms with Gasteiger partial charge in [0.05, 0.1) is 6.54 Å². The topological polar surface area (TPSA) is 12.0 Å². The molecule has 2 heteroatoms. The van der Waals surface area contributed by atoms with E-state index >= 15 is 0 Å². The molecule has 1 nitrogen and oxygen atoms in total. The normalized spacial score (nSPS) is 16.8. The molecule has 0 fully saturated rings. The lowest BCUT2D eigenvalue weighted by atomic mass is 9.99. The first kappa shape index (κ1) is 10.7. The van der Waals surface area contributed by atoms with Crippen LogP contribution in [0.4, 0.5) is 0 Å². The van der Waals surface area contributed by atoms with E-state index in [1.54, 1.807) is 10.4 Å². The zero-order chi connectivity index (χ0) is 10.7. The molecular weight excluding hydrogens is 202 g/mol. The summed E-state index contributed by atoms with van der Waals surface area (Å²) in [5, 5.41) is 3.33. The Morgan fingerprint density at radius 3 is 3.07 bits per heavy atom. The van der Waals surface area contributed by atoms with Crippen molar-refractivity contribution in [3.63, 3.8) is 0 Å². The van der Waals surface area contributed by atoms with Crippen molar-refractivity contribution in [2.75, 3.05) is 6.54 Å². The first-order chi connectivity index (χ1) is 7.31. The van der Waals surface area contributed by atoms with E-state index < -0.39 is 0 Å². The van der Waals surface area contributed by atoms with Crippen molar-refractivity contribution in [1.82, 2.24) is 5.32 Å². The molecule has 0 amide bonds. The molecule has 1 N–H and O–H groups in total. The number of aryl methyl sites for hydroxylation is 2. The molecule has 0 saturated carbocycles. The fourth-order valence-corrected chi connectivity index (χ4v) is 3.32. The largest absolute Gasteiger partial charge is 0.299 e. The van der Waals surface area contributed by atoms with Gasteiger partial charge in [0.15, 0.2) is 0 Å². The summed E-state index contributed by atoms with van der Waals surface area (Å²) >= 11 is 1.96. The van der Waals surface area contributed by atoms with Crippen LogP contribution in [0.25, 0.3) is 0 Å². The van der Waals surface area contributed by atoms with E-state index in [1.165, 1.54) is 30.6 Å². The van der Waals surface area contributed by atoms with E-state index in [-0.39, 0.29) is 0 Å². The predicted molar refractivity (Wildman–Crippen MR) is 66.2 cm³/mol. The molecule has 2 rings (SSSR count). The summed E-state index contributed by atoms with van der Waals surface area (Å²) in [6.07, 6.45) is 10.5. The lowest BCUT2D eigenvalue weighted by Gasteiger charge is -2.08. The van der Waals surface area contributed by atoms with Crippen LogP contribution in [0.15, 0.2) is 6.07 Å². The highest BCUT2D eigenvalue weighted by atomic mass is 32.1. The number of hydrogen-bond donors (Lipinski definition) is 1. The lowest BCUT2D eigenvalue weighted by Crippen LogP contribution is -2.17. The van der Waals surface area contributed by atoms with Crippen LogP contribution in [0, 0.1) is 12.3 Å². The quantitative estimate of drug-likeness (QED) is 0.771. The minimum atomic E-state index is 0.400. The molecule has 1 aromatic heterocycles. The van der Waals surface area contributed by atoms with Crippen molar-refractivity contribution in [2.24, 2.45) is 0 Å². The Morgan fingerprint density at radius 2 is 2.33 bits per heavy atom. The standard InChI is InChI=1S/C13H17NS/c1-3-8-14-10(2)13-9-11-6-4-5-7-12(11)15-13/h1,9-10,14H,4-8H2,2H3. The first-order valence-corrected chi connectivity index (χ1v) is 6.41. The van der Waals surface area contributed by atoms with Gasteiger partial charge in [0, 0.05) is 15.8 Å². The maximum atomic E-state index is 5.24. The van der Waals surface area contributed by atoms with Crippen molar-refractivity contribution in [1.29, 1.82) is 0 Å². The van der Waals surface area contributed by atoms with Crippen LogP contribution >= 0.6 is 11.3 Å². The van der Waals surface area contributed by atoms with Crippen molar-refractivity contribution in [3.8, 4) is 12.3 Å². The molecule has 1 atom stereocenters. The second-order valence-electron chi connectivity index (χ2n) is 4.11. The van der Waals surface area contributed by atoms with E-state index in [0.717, 1.165) is 0 Å². The minimum Gasteiger partial charge on any atom is -0.299 e. The smallest absolute Gasteiger partial charge is 0.0578 e. The van der Waals surface area contributed by atoms with Gasteiger partial charge in [-0.05, 0) is 44.2 Å². The number of rotatable bonds is 3. The molecule has 80 valence electrons. The van der Waals surface area contributed by atoms with Gasteiger partial charge in [0.25, 0.3) is 0 Å². The van der Waals surface area contributed by atoms with Gasteiger partial charge in [-0.1, -0.05) is 5.92 Å². The number of terminal acetylenes is 1. The Labute approximate surface area is 95.9 Å². The van der Waals surface area contributed by atoms with Crippen LogP contribution in [0.1, 0.15) is 41.1 Å². The third-order valence-electron chi connectivity index (χ3n) is 2.95. The maximum Gasteiger partial charge on any atom is 0.0578 e. The van der Waals surface area contributed by atoms with Crippen molar-refractivity contribution in [3.05, 3.63) is 21.4 Å². The highest BCUT2D eigenvalue weighted by Crippen LogP contribution is 2.32. The van der Waals surface area contributed by atoms with Gasteiger partial charge in [-0.15, -0.1) is 17.8 Å². The van der Waals surface area contributed by atoms with Gasteiger partial charge in [-0.25, -0.2) is 0 Å². The van der Waals surface area contributed by atoms with E-state index in [2.05, 4.69) is 24.2 Å². The Balaban J connectivity index is 2.09. The van der Waals surface area contributed by atoms with Gasteiger partial charge in [0.1, 0.15) is 0 Å². The molecule has 0 radical (unpaired) electrons. The molecule has 1 aliphatic rings. The molecule has 1 unspecified atom stereocenters. The summed E-state index contributed by atoms with van der Waals surface area (Å²) in [6, 6.07) is 2.77. The molecule has 0 saturated heterocycles. The van der Waals surface area contributed by atoms with Crippen LogP contribution in [0.2, 0.25) is 0 Å². The molecular formula is C13H17NS. The van der Waals surface area contributed by atoms with Crippen LogP contribution in [-0.4, -0.2) is 6.54 Å². The molecule has 1 aromatic rings. The number of nitrogens with one attached hydrogen (secondary N) is 1. The summed E-state index contributed by atoms with van der Waals surface area (Å²) in [5.41, 5.74) is 1.58. The fraction of sp³-hybridized carbons (Fsp3) is 0.538. The summed E-state index contributed by atoms with van der Waals surface area (Å²) in [7, 11) is 0. The van der Waals surface area contributed by atoms with Gasteiger partial charge in [0.2, 0.25) is 0 Å². The predicted octanol–water partition coefficient (Wildman–Crippen LogP) is 2.91. The molecule has 0 aliphatic heterocycles. The minimum absolute atomic E-state index is 0.400. The summed E-state index contributed by atoms with van der Waals surface area (Å²) in [4.78, 5) is 3.04. The van der Waals surface area contributed by atoms with Crippen LogP contribution in [0.5, 0.6) is 0 Å². The van der Waals surface area contributed by atoms with E-state index in [0.29, 0.717) is 12.6 Å². The Bertz CT molecular complexity index is 349. The number of fused-ring (bicyclic) bond motifs is 1. The SMILES string of the molecule is C#CCNC(C)c1cc2c(s1)CCCC2. The lowest BCUT2D eigenvalue weighted by molar-refractivity contribution is 0.632. The average molecular weight is 219 g/mol. The van der Waals surface area contributed by atoms with Gasteiger partial charge >= 0.3 is 0 Å². The highest BCUT2D eigenvalue weighted by molar-refractivity contribution is 7.12. The molecule has 0 spiro atoms. The first-order valence-electron chi connectivity index (χ1n) is 5.59. The Kier molecular flexibility index (Phi) is 3.45. The van der Waals surface area contributed by atoms with Gasteiger partial charge < -0.3 is 0 Å². The summed E-state index contributed by atoms with van der Waals surface area (Å²) < 4.78 is 0. The monoisotopic (exact) mass is 219 g/mol. The second-order valence-corrected chi connectivity index (χ2v) is 5.28. The van der Waals surface area contributed by atoms with Gasteiger partial charge in [-0.3, -0.25) is 5.32 Å². The number of thiophene rings is 1. The van der Waals surface area contributed by atoms with Crippen LogP contribution in [0.3, 0.4) is 0 Å². The van der Waals surface area contributed by atoms with E-state index in [4.69, 9.17) is 6.42 Å². The van der Waals surface area contributed by atoms with E-state index in [9.17, 15) is 0 Å². The van der Waals surface area contributed by atoms with Crippen molar-refractivity contribution in [2.45, 2.75) is 38.6 Å². The van der Waals surface area contributed by atoms with Crippen molar-refractivity contribution < 1.29 is 0 Å². The molecule has 1 aliphatic carbocycles. The fourth-order valence-electron chi connectivity index (χ4n) is 2.04. The third kappa shape index (κ3) is 2.42. The highest BCUT2D eigenvalue weighted by Gasteiger charge is 2.15. The summed E-state index contributed by atoms with van der Waals surface area (Å²) in [5.74, 6) is 2.62. The zero-order valence-electron chi connectivity index (χ0n) is 9.18. The Hall–Kier alpha value is -0.780. The molecule has 0 aromatic carbocycles. The van der Waals surface area contributed by atoms with Crippen LogP contribution < -0.4 is 5.32 Å². The maximum absolute atomic E-state index is 5.24. The van der Waals surface area contributed by atoms with Crippen LogP contribution in [-0.2, 0) is 12.8 Å². The second kappa shape index (κ2) is 4.83.